The van der Waals surface area contributed by atoms with Crippen molar-refractivity contribution in [2.45, 2.75) is 39.7 Å². The molecule has 1 aromatic heterocycles. The fourth-order valence-corrected chi connectivity index (χ4v) is 2.27. The van der Waals surface area contributed by atoms with Gasteiger partial charge in [0.15, 0.2) is 0 Å². The van der Waals surface area contributed by atoms with Gasteiger partial charge >= 0.3 is 0 Å². The maximum atomic E-state index is 6.20. The van der Waals surface area contributed by atoms with Gasteiger partial charge in [0.1, 0.15) is 17.6 Å². The van der Waals surface area contributed by atoms with Gasteiger partial charge in [-0.05, 0) is 13.0 Å². The van der Waals surface area contributed by atoms with Crippen molar-refractivity contribution < 1.29 is 4.74 Å². The zero-order chi connectivity index (χ0) is 15.6. The van der Waals surface area contributed by atoms with Gasteiger partial charge in [-0.15, -0.1) is 0 Å². The maximum absolute atomic E-state index is 6.20. The van der Waals surface area contributed by atoms with Gasteiger partial charge < -0.3 is 4.74 Å². The number of rotatable bonds is 3. The normalized spacial score (nSPS) is 11.5. The van der Waals surface area contributed by atoms with E-state index >= 15 is 0 Å². The molecule has 0 unspecified atom stereocenters. The van der Waals surface area contributed by atoms with Crippen molar-refractivity contribution in [2.75, 3.05) is 0 Å². The summed E-state index contributed by atoms with van der Waals surface area (Å²) in [5, 5.41) is 0.442. The molecule has 21 heavy (non-hydrogen) atoms. The molecular weight excluding hydrogens is 352 g/mol. The summed E-state index contributed by atoms with van der Waals surface area (Å²) in [7, 11) is 0. The van der Waals surface area contributed by atoms with E-state index < -0.39 is 0 Å². The Morgan fingerprint density at radius 2 is 1.86 bits per heavy atom. The minimum absolute atomic E-state index is 0.178. The van der Waals surface area contributed by atoms with E-state index in [2.05, 4.69) is 25.9 Å². The molecule has 0 radical (unpaired) electrons. The van der Waals surface area contributed by atoms with Crippen LogP contribution >= 0.6 is 27.5 Å². The van der Waals surface area contributed by atoms with Crippen molar-refractivity contribution in [3.63, 3.8) is 0 Å². The van der Waals surface area contributed by atoms with Gasteiger partial charge in [-0.25, -0.2) is 4.98 Å². The highest BCUT2D eigenvalue weighted by atomic mass is 79.9. The standard InChI is InChI=1S/C16H18BrClN2O/c1-10-13(18)19-15(16(2,3)4)20-14(10)21-9-11-7-5-6-8-12(11)17/h5-8H,9H2,1-4H3. The molecule has 0 spiro atoms. The van der Waals surface area contributed by atoms with E-state index in [-0.39, 0.29) is 5.41 Å². The third kappa shape index (κ3) is 3.95. The lowest BCUT2D eigenvalue weighted by atomic mass is 9.96. The van der Waals surface area contributed by atoms with Gasteiger partial charge in [-0.2, -0.15) is 4.98 Å². The molecule has 112 valence electrons. The van der Waals surface area contributed by atoms with Crippen LogP contribution in [0, 0.1) is 6.92 Å². The first-order valence-electron chi connectivity index (χ1n) is 6.70. The number of aromatic nitrogens is 2. The summed E-state index contributed by atoms with van der Waals surface area (Å²) in [4.78, 5) is 8.86. The van der Waals surface area contributed by atoms with Crippen LogP contribution in [-0.4, -0.2) is 9.97 Å². The highest BCUT2D eigenvalue weighted by molar-refractivity contribution is 9.10. The molecule has 3 nitrogen and oxygen atoms in total. The molecule has 1 aromatic carbocycles. The van der Waals surface area contributed by atoms with E-state index in [4.69, 9.17) is 16.3 Å². The predicted octanol–water partition coefficient (Wildman–Crippen LogP) is 5.08. The van der Waals surface area contributed by atoms with Crippen LogP contribution in [0.5, 0.6) is 5.88 Å². The van der Waals surface area contributed by atoms with E-state index in [0.29, 0.717) is 23.5 Å². The molecule has 2 rings (SSSR count). The zero-order valence-electron chi connectivity index (χ0n) is 12.6. The number of ether oxygens (including phenoxy) is 1. The van der Waals surface area contributed by atoms with Gasteiger partial charge in [0.05, 0.1) is 0 Å². The molecule has 0 amide bonds. The van der Waals surface area contributed by atoms with E-state index in [0.717, 1.165) is 15.6 Å². The largest absolute Gasteiger partial charge is 0.472 e. The average Bonchev–Trinajstić information content (AvgIpc) is 2.40. The van der Waals surface area contributed by atoms with Crippen molar-refractivity contribution in [1.29, 1.82) is 0 Å². The second-order valence-electron chi connectivity index (χ2n) is 5.90. The van der Waals surface area contributed by atoms with Crippen LogP contribution in [0.25, 0.3) is 0 Å². The monoisotopic (exact) mass is 368 g/mol. The highest BCUT2D eigenvalue weighted by Crippen LogP contribution is 2.28. The predicted molar refractivity (Wildman–Crippen MR) is 89.0 cm³/mol. The molecular formula is C16H18BrClN2O. The minimum atomic E-state index is -0.178. The summed E-state index contributed by atoms with van der Waals surface area (Å²) < 4.78 is 6.87. The highest BCUT2D eigenvalue weighted by Gasteiger charge is 2.21. The Morgan fingerprint density at radius 3 is 2.48 bits per heavy atom. The molecule has 0 fully saturated rings. The fourth-order valence-electron chi connectivity index (χ4n) is 1.71. The molecule has 0 aliphatic carbocycles. The van der Waals surface area contributed by atoms with Crippen LogP contribution in [0.4, 0.5) is 0 Å². The number of hydrogen-bond acceptors (Lipinski definition) is 3. The second kappa shape index (κ2) is 6.32. The van der Waals surface area contributed by atoms with E-state index in [1.165, 1.54) is 0 Å². The first-order chi connectivity index (χ1) is 9.79. The topological polar surface area (TPSA) is 35.0 Å². The first kappa shape index (κ1) is 16.2. The lowest BCUT2D eigenvalue weighted by Crippen LogP contribution is -2.17. The fraction of sp³-hybridized carbons (Fsp3) is 0.375. The van der Waals surface area contributed by atoms with Crippen molar-refractivity contribution in [1.82, 2.24) is 9.97 Å². The summed E-state index contributed by atoms with van der Waals surface area (Å²) in [5.74, 6) is 1.22. The molecule has 0 saturated carbocycles. The smallest absolute Gasteiger partial charge is 0.221 e. The van der Waals surface area contributed by atoms with E-state index in [1.54, 1.807) is 0 Å². The van der Waals surface area contributed by atoms with Crippen molar-refractivity contribution in [2.24, 2.45) is 0 Å². The summed E-state index contributed by atoms with van der Waals surface area (Å²) >= 11 is 9.71. The van der Waals surface area contributed by atoms with Crippen LogP contribution in [0.15, 0.2) is 28.7 Å². The molecule has 1 heterocycles. The van der Waals surface area contributed by atoms with Crippen LogP contribution < -0.4 is 4.74 Å². The van der Waals surface area contributed by atoms with Crippen LogP contribution in [-0.2, 0) is 12.0 Å². The Kier molecular flexibility index (Phi) is 4.89. The maximum Gasteiger partial charge on any atom is 0.221 e. The molecule has 0 aliphatic heterocycles. The molecule has 0 aliphatic rings. The number of nitrogens with zero attached hydrogens (tertiary/aromatic N) is 2. The van der Waals surface area contributed by atoms with Crippen molar-refractivity contribution >= 4 is 27.5 Å². The third-order valence-electron chi connectivity index (χ3n) is 3.03. The Labute approximate surface area is 138 Å². The van der Waals surface area contributed by atoms with Crippen LogP contribution in [0.3, 0.4) is 0 Å². The van der Waals surface area contributed by atoms with E-state index in [9.17, 15) is 0 Å². The summed E-state index contributed by atoms with van der Waals surface area (Å²) in [5.41, 5.74) is 1.64. The number of halogens is 2. The quantitative estimate of drug-likeness (QED) is 0.708. The SMILES string of the molecule is Cc1c(Cl)nc(C(C)(C)C)nc1OCc1ccccc1Br. The number of hydrogen-bond donors (Lipinski definition) is 0. The number of benzene rings is 1. The van der Waals surface area contributed by atoms with Gasteiger partial charge in [-0.1, -0.05) is 66.5 Å². The Hall–Kier alpha value is -1.13. The Balaban J connectivity index is 2.28. The summed E-state index contributed by atoms with van der Waals surface area (Å²) in [6.45, 7) is 8.44. The minimum Gasteiger partial charge on any atom is -0.472 e. The zero-order valence-corrected chi connectivity index (χ0v) is 14.9. The summed E-state index contributed by atoms with van der Waals surface area (Å²) in [6, 6.07) is 7.94. The average molecular weight is 370 g/mol. The molecule has 5 heteroatoms. The summed E-state index contributed by atoms with van der Waals surface area (Å²) in [6.07, 6.45) is 0. The van der Waals surface area contributed by atoms with Gasteiger partial charge in [0.25, 0.3) is 0 Å². The Morgan fingerprint density at radius 1 is 1.19 bits per heavy atom. The van der Waals surface area contributed by atoms with Crippen molar-refractivity contribution in [3.05, 3.63) is 50.8 Å². The Bertz CT molecular complexity index is 653. The molecule has 0 saturated heterocycles. The molecule has 0 bridgehead atoms. The lowest BCUT2D eigenvalue weighted by molar-refractivity contribution is 0.287. The van der Waals surface area contributed by atoms with Gasteiger partial charge in [0, 0.05) is 21.0 Å². The third-order valence-corrected chi connectivity index (χ3v) is 4.18. The van der Waals surface area contributed by atoms with Gasteiger partial charge in [0.2, 0.25) is 5.88 Å². The van der Waals surface area contributed by atoms with Gasteiger partial charge in [-0.3, -0.25) is 0 Å². The van der Waals surface area contributed by atoms with Crippen LogP contribution in [0.2, 0.25) is 5.15 Å². The molecule has 2 aromatic rings. The van der Waals surface area contributed by atoms with Crippen LogP contribution in [0.1, 0.15) is 37.7 Å². The molecule has 0 N–H and O–H groups in total. The lowest BCUT2D eigenvalue weighted by Gasteiger charge is -2.19. The van der Waals surface area contributed by atoms with E-state index in [1.807, 2.05) is 52.0 Å². The second-order valence-corrected chi connectivity index (χ2v) is 7.11. The molecule has 0 atom stereocenters. The van der Waals surface area contributed by atoms with Crippen molar-refractivity contribution in [3.8, 4) is 5.88 Å². The first-order valence-corrected chi connectivity index (χ1v) is 7.87.